The zero-order valence-corrected chi connectivity index (χ0v) is 22.7. The SMILES string of the molecule is CC(C(=O)NC1CCCCC1)N(CCc1ccccc1)C(=O)CN(c1ccccc1Br)S(C)(=O)=O. The van der Waals surface area contributed by atoms with Crippen molar-refractivity contribution >= 4 is 43.5 Å². The number of rotatable bonds is 10. The van der Waals surface area contributed by atoms with E-state index >= 15 is 0 Å². The van der Waals surface area contributed by atoms with Crippen LogP contribution in [0.25, 0.3) is 0 Å². The first kappa shape index (κ1) is 27.2. The number of carbonyl (C=O) groups is 2. The molecule has 7 nitrogen and oxygen atoms in total. The third-order valence-electron chi connectivity index (χ3n) is 6.40. The van der Waals surface area contributed by atoms with Crippen LogP contribution in [0.15, 0.2) is 59.1 Å². The Morgan fingerprint density at radius 2 is 1.66 bits per heavy atom. The Labute approximate surface area is 217 Å². The Balaban J connectivity index is 1.82. The molecule has 0 radical (unpaired) electrons. The molecular weight excluding hydrogens is 530 g/mol. The highest BCUT2D eigenvalue weighted by atomic mass is 79.9. The van der Waals surface area contributed by atoms with Gasteiger partial charge < -0.3 is 10.2 Å². The lowest BCUT2D eigenvalue weighted by atomic mass is 9.95. The largest absolute Gasteiger partial charge is 0.352 e. The number of amides is 2. The molecular formula is C26H34BrN3O4S. The zero-order chi connectivity index (χ0) is 25.4. The quantitative estimate of drug-likeness (QED) is 0.471. The van der Waals surface area contributed by atoms with Gasteiger partial charge in [-0.2, -0.15) is 0 Å². The predicted molar refractivity (Wildman–Crippen MR) is 143 cm³/mol. The van der Waals surface area contributed by atoms with Crippen LogP contribution < -0.4 is 9.62 Å². The van der Waals surface area contributed by atoms with Gasteiger partial charge in [-0.1, -0.05) is 61.7 Å². The summed E-state index contributed by atoms with van der Waals surface area (Å²) in [5.74, 6) is -0.626. The van der Waals surface area contributed by atoms with Crippen molar-refractivity contribution < 1.29 is 18.0 Å². The lowest BCUT2D eigenvalue weighted by Crippen LogP contribution is -2.53. The van der Waals surface area contributed by atoms with E-state index in [1.54, 1.807) is 31.2 Å². The molecule has 1 aliphatic carbocycles. The second kappa shape index (κ2) is 12.5. The van der Waals surface area contributed by atoms with E-state index in [1.807, 2.05) is 30.3 Å². The number of nitrogens with zero attached hydrogens (tertiary/aromatic N) is 2. The van der Waals surface area contributed by atoms with Crippen LogP contribution in [0.2, 0.25) is 0 Å². The smallest absolute Gasteiger partial charge is 0.244 e. The van der Waals surface area contributed by atoms with Crippen LogP contribution in [0.4, 0.5) is 5.69 Å². The molecule has 0 bridgehead atoms. The molecule has 2 amide bonds. The number of nitrogens with one attached hydrogen (secondary N) is 1. The van der Waals surface area contributed by atoms with Crippen LogP contribution in [0.1, 0.15) is 44.6 Å². The molecule has 190 valence electrons. The van der Waals surface area contributed by atoms with Gasteiger partial charge in [0.2, 0.25) is 21.8 Å². The van der Waals surface area contributed by atoms with Gasteiger partial charge in [0.05, 0.1) is 11.9 Å². The summed E-state index contributed by atoms with van der Waals surface area (Å²) in [5.41, 5.74) is 1.42. The fraction of sp³-hybridized carbons (Fsp3) is 0.462. The van der Waals surface area contributed by atoms with E-state index in [-0.39, 0.29) is 11.9 Å². The zero-order valence-electron chi connectivity index (χ0n) is 20.3. The number of sulfonamides is 1. The summed E-state index contributed by atoms with van der Waals surface area (Å²) in [5, 5.41) is 3.10. The number of hydrogen-bond donors (Lipinski definition) is 1. The normalized spacial score (nSPS) is 15.3. The van der Waals surface area contributed by atoms with Crippen LogP contribution in [0, 0.1) is 0 Å². The molecule has 0 heterocycles. The standard InChI is InChI=1S/C26H34BrN3O4S/c1-20(26(32)28-22-13-7-4-8-14-22)29(18-17-21-11-5-3-6-12-21)25(31)19-30(35(2,33)34)24-16-10-9-15-23(24)27/h3,5-6,9-12,15-16,20,22H,4,7-8,13-14,17-19H2,1-2H3,(H,28,32). The van der Waals surface area contributed by atoms with E-state index in [4.69, 9.17) is 0 Å². The molecule has 35 heavy (non-hydrogen) atoms. The van der Waals surface area contributed by atoms with Crippen molar-refractivity contribution in [2.45, 2.75) is 57.5 Å². The second-order valence-corrected chi connectivity index (χ2v) is 11.8. The summed E-state index contributed by atoms with van der Waals surface area (Å²) in [6.07, 6.45) is 6.88. The molecule has 2 aromatic rings. The van der Waals surface area contributed by atoms with Gasteiger partial charge in [-0.3, -0.25) is 13.9 Å². The molecule has 0 saturated heterocycles. The summed E-state index contributed by atoms with van der Waals surface area (Å²) in [6.45, 7) is 1.62. The fourth-order valence-electron chi connectivity index (χ4n) is 4.39. The summed E-state index contributed by atoms with van der Waals surface area (Å²) >= 11 is 3.39. The highest BCUT2D eigenvalue weighted by Gasteiger charge is 2.31. The van der Waals surface area contributed by atoms with E-state index in [0.29, 0.717) is 23.1 Å². The molecule has 1 aliphatic rings. The molecule has 1 unspecified atom stereocenters. The molecule has 1 saturated carbocycles. The molecule has 2 aromatic carbocycles. The van der Waals surface area contributed by atoms with Crippen molar-refractivity contribution in [3.8, 4) is 0 Å². The van der Waals surface area contributed by atoms with Gasteiger partial charge in [-0.15, -0.1) is 0 Å². The first-order chi connectivity index (χ1) is 16.7. The molecule has 1 fully saturated rings. The third kappa shape index (κ3) is 7.80. The number of carbonyl (C=O) groups excluding carboxylic acids is 2. The Kier molecular flexibility index (Phi) is 9.74. The van der Waals surface area contributed by atoms with Gasteiger partial charge in [-0.05, 0) is 59.8 Å². The van der Waals surface area contributed by atoms with Crippen LogP contribution in [0.3, 0.4) is 0 Å². The molecule has 0 aliphatic heterocycles. The van der Waals surface area contributed by atoms with Crippen LogP contribution >= 0.6 is 15.9 Å². The Bertz CT molecular complexity index is 1100. The molecule has 0 spiro atoms. The topological polar surface area (TPSA) is 86.8 Å². The summed E-state index contributed by atoms with van der Waals surface area (Å²) in [7, 11) is -3.75. The Morgan fingerprint density at radius 1 is 1.03 bits per heavy atom. The van der Waals surface area contributed by atoms with Gasteiger partial charge >= 0.3 is 0 Å². The minimum absolute atomic E-state index is 0.123. The van der Waals surface area contributed by atoms with Crippen molar-refractivity contribution in [1.82, 2.24) is 10.2 Å². The number of benzene rings is 2. The molecule has 9 heteroatoms. The summed E-state index contributed by atoms with van der Waals surface area (Å²) in [6, 6.07) is 16.0. The van der Waals surface area contributed by atoms with E-state index in [1.165, 1.54) is 11.3 Å². The maximum absolute atomic E-state index is 13.6. The fourth-order valence-corrected chi connectivity index (χ4v) is 5.87. The lowest BCUT2D eigenvalue weighted by Gasteiger charge is -2.33. The number of hydrogen-bond acceptors (Lipinski definition) is 4. The maximum Gasteiger partial charge on any atom is 0.244 e. The van der Waals surface area contributed by atoms with Crippen LogP contribution in [-0.4, -0.2) is 56.6 Å². The van der Waals surface area contributed by atoms with Gasteiger partial charge in [0.25, 0.3) is 0 Å². The minimum Gasteiger partial charge on any atom is -0.352 e. The van der Waals surface area contributed by atoms with E-state index < -0.39 is 28.5 Å². The van der Waals surface area contributed by atoms with Crippen molar-refractivity contribution in [3.05, 3.63) is 64.6 Å². The maximum atomic E-state index is 13.6. The van der Waals surface area contributed by atoms with Crippen LogP contribution in [-0.2, 0) is 26.0 Å². The van der Waals surface area contributed by atoms with E-state index in [2.05, 4.69) is 21.2 Å². The Hall–Kier alpha value is -2.39. The Morgan fingerprint density at radius 3 is 2.29 bits per heavy atom. The average molecular weight is 565 g/mol. The molecule has 0 aromatic heterocycles. The minimum atomic E-state index is -3.75. The summed E-state index contributed by atoms with van der Waals surface area (Å²) < 4.78 is 26.9. The van der Waals surface area contributed by atoms with Crippen molar-refractivity contribution in [2.75, 3.05) is 23.7 Å². The second-order valence-electron chi connectivity index (χ2n) is 9.06. The van der Waals surface area contributed by atoms with Crippen molar-refractivity contribution in [1.29, 1.82) is 0 Å². The first-order valence-electron chi connectivity index (χ1n) is 12.0. The monoisotopic (exact) mass is 563 g/mol. The van der Waals surface area contributed by atoms with Gasteiger partial charge in [-0.25, -0.2) is 8.42 Å². The highest BCUT2D eigenvalue weighted by molar-refractivity contribution is 9.10. The third-order valence-corrected chi connectivity index (χ3v) is 8.20. The van der Waals surface area contributed by atoms with Gasteiger partial charge in [0.15, 0.2) is 0 Å². The highest BCUT2D eigenvalue weighted by Crippen LogP contribution is 2.28. The average Bonchev–Trinajstić information content (AvgIpc) is 2.83. The lowest BCUT2D eigenvalue weighted by molar-refractivity contribution is -0.139. The van der Waals surface area contributed by atoms with Crippen molar-refractivity contribution in [3.63, 3.8) is 0 Å². The van der Waals surface area contributed by atoms with Crippen molar-refractivity contribution in [2.24, 2.45) is 0 Å². The number of anilines is 1. The molecule has 3 rings (SSSR count). The van der Waals surface area contributed by atoms with E-state index in [9.17, 15) is 18.0 Å². The molecule has 1 N–H and O–H groups in total. The molecule has 1 atom stereocenters. The number of halogens is 1. The first-order valence-corrected chi connectivity index (χ1v) is 14.7. The van der Waals surface area contributed by atoms with E-state index in [0.717, 1.165) is 41.8 Å². The van der Waals surface area contributed by atoms with Gasteiger partial charge in [0.1, 0.15) is 12.6 Å². The van der Waals surface area contributed by atoms with Crippen LogP contribution in [0.5, 0.6) is 0 Å². The number of para-hydroxylation sites is 1. The summed E-state index contributed by atoms with van der Waals surface area (Å²) in [4.78, 5) is 28.2. The predicted octanol–water partition coefficient (Wildman–Crippen LogP) is 4.12. The van der Waals surface area contributed by atoms with Gasteiger partial charge in [0, 0.05) is 17.1 Å².